The van der Waals surface area contributed by atoms with Gasteiger partial charge in [0.05, 0.1) is 75.2 Å². The summed E-state index contributed by atoms with van der Waals surface area (Å²) in [4.78, 5) is 68.2. The minimum Gasteiger partial charge on any atom is -0.515 e. The van der Waals surface area contributed by atoms with E-state index >= 15 is 0 Å². The Balaban J connectivity index is 0.000000408. The third-order valence-corrected chi connectivity index (χ3v) is 9.46. The molecule has 0 spiro atoms. The number of aliphatic hydroxyl groups is 1. The van der Waals surface area contributed by atoms with Crippen LogP contribution in [0.5, 0.6) is 0 Å². The molecular weight excluding hydrogens is 793 g/mol. The van der Waals surface area contributed by atoms with Crippen molar-refractivity contribution in [3.63, 3.8) is 0 Å². The lowest BCUT2D eigenvalue weighted by Crippen LogP contribution is -2.23. The van der Waals surface area contributed by atoms with Gasteiger partial charge in [-0.05, 0) is 70.7 Å². The number of amides is 2. The summed E-state index contributed by atoms with van der Waals surface area (Å²) in [5, 5.41) is 34.7. The van der Waals surface area contributed by atoms with Crippen LogP contribution in [-0.4, -0.2) is 86.9 Å². The van der Waals surface area contributed by atoms with E-state index in [2.05, 4.69) is 25.4 Å². The van der Waals surface area contributed by atoms with Crippen molar-refractivity contribution in [1.29, 1.82) is 15.8 Å². The highest BCUT2D eigenvalue weighted by atomic mass is 31.2. The number of rotatable bonds is 15. The number of ether oxygens (including phenoxy) is 2. The van der Waals surface area contributed by atoms with Gasteiger partial charge in [-0.2, -0.15) is 15.8 Å². The van der Waals surface area contributed by atoms with Gasteiger partial charge in [-0.15, -0.1) is 0 Å². The second-order valence-corrected chi connectivity index (χ2v) is 13.3. The van der Waals surface area contributed by atoms with Gasteiger partial charge in [0.25, 0.3) is 17.5 Å². The fourth-order valence-corrected chi connectivity index (χ4v) is 5.98. The summed E-state index contributed by atoms with van der Waals surface area (Å²) in [7, 11) is -2.15. The number of hydrogen-bond acceptors (Lipinski definition) is 17. The second-order valence-electron chi connectivity index (χ2n) is 11.2. The lowest BCUT2D eigenvalue weighted by atomic mass is 9.81. The quantitative estimate of drug-likeness (QED) is 0.0196. The molecule has 1 N–H and O–H groups in total. The monoisotopic (exact) mass is 837 g/mol. The lowest BCUT2D eigenvalue weighted by molar-refractivity contribution is -0.284. The smallest absolute Gasteiger partial charge is 0.362 e. The number of nitriles is 3. The normalized spacial score (nSPS) is 14.1. The molecule has 0 bridgehead atoms. The Bertz CT molecular complexity index is 2010. The fourth-order valence-electron chi connectivity index (χ4n) is 4.54. The molecule has 1 saturated carbocycles. The topological polar surface area (TPSA) is 258 Å². The molecule has 3 aliphatic rings. The maximum absolute atomic E-state index is 12.0. The van der Waals surface area contributed by atoms with Crippen molar-refractivity contribution in [3.05, 3.63) is 104 Å². The zero-order valence-corrected chi connectivity index (χ0v) is 34.2. The molecule has 2 aliphatic heterocycles. The summed E-state index contributed by atoms with van der Waals surface area (Å²) in [6.07, 6.45) is 3.99. The summed E-state index contributed by atoms with van der Waals surface area (Å²) in [5.41, 5.74) is 3.28. The van der Waals surface area contributed by atoms with E-state index in [1.807, 2.05) is 6.07 Å². The van der Waals surface area contributed by atoms with Gasteiger partial charge in [-0.3, -0.25) is 23.7 Å². The molecule has 0 atom stereocenters. The molecule has 1 fully saturated rings. The standard InChI is InChI=1S/C14H16N2O4.C12H8N2O2.C8H17O6P.C5H3NO2/c1-4-18-14(17)13(16-3)11-6-10(7-11)12(8-15)9-20-19-5-2;1-8(6-13)7-14-11(15)9-4-2-3-5-10(9)12(14)16;1-4-13-15(10,14-5-2)8(6-9)7-12-11-3;6-1-4-2-8-3-5(4)7/h4-7,9H2,1-2H3;2-5,7H,1H3;6,9H,4-5,7H2,1-3H3;2H,3H2/b;8-7+;8-6+;. The molecule has 0 unspecified atom stereocenters. The first-order chi connectivity index (χ1) is 28.3. The van der Waals surface area contributed by atoms with Gasteiger partial charge < -0.3 is 23.6 Å². The zero-order chi connectivity index (χ0) is 44.4. The van der Waals surface area contributed by atoms with E-state index in [0.717, 1.165) is 10.5 Å². The number of carbonyl (C=O) groups is 4. The SMILES string of the molecule is C/C(C#N)=C\N1C(=O)c2ccccc2C1=O.CCOP(=O)(OCC)/C(=C/O)COOC.N#CC1=COCC1=O.[C-]#[N+]C(C(=O)OCC)=C1CC(=C(C#N)COOCC)C1. The Morgan fingerprint density at radius 2 is 1.54 bits per heavy atom. The van der Waals surface area contributed by atoms with Crippen molar-refractivity contribution in [2.24, 2.45) is 0 Å². The summed E-state index contributed by atoms with van der Waals surface area (Å²) >= 11 is 0. The molecule has 314 valence electrons. The first-order valence-corrected chi connectivity index (χ1v) is 19.2. The first kappa shape index (κ1) is 50.8. The zero-order valence-electron chi connectivity index (χ0n) is 33.3. The van der Waals surface area contributed by atoms with Gasteiger partial charge in [-0.25, -0.2) is 29.3 Å². The molecule has 0 aromatic heterocycles. The number of carbonyl (C=O) groups excluding carboxylic acids is 4. The molecule has 0 radical (unpaired) electrons. The average molecular weight is 838 g/mol. The summed E-state index contributed by atoms with van der Waals surface area (Å²) in [6.45, 7) is 16.4. The number of fused-ring (bicyclic) bond motifs is 1. The minimum atomic E-state index is -3.45. The van der Waals surface area contributed by atoms with E-state index < -0.39 is 13.6 Å². The maximum atomic E-state index is 12.0. The molecule has 2 amide bonds. The summed E-state index contributed by atoms with van der Waals surface area (Å²) in [5.74, 6) is -1.58. The Morgan fingerprint density at radius 1 is 0.932 bits per heavy atom. The number of imide groups is 1. The van der Waals surface area contributed by atoms with Crippen LogP contribution >= 0.6 is 7.60 Å². The number of allylic oxidation sites excluding steroid dienone is 3. The Hall–Kier alpha value is -6.25. The molecule has 19 nitrogen and oxygen atoms in total. The molecular formula is C39H44N5O14P. The number of nitrogens with zero attached hydrogens (tertiary/aromatic N) is 5. The number of Topliss-reactive ketones (excluding diaryl/α,β-unsaturated/α-hetero) is 1. The van der Waals surface area contributed by atoms with E-state index in [0.29, 0.717) is 53.6 Å². The van der Waals surface area contributed by atoms with Gasteiger partial charge in [0, 0.05) is 11.8 Å². The van der Waals surface area contributed by atoms with Crippen LogP contribution in [0.2, 0.25) is 0 Å². The fraction of sp³-hybridized carbons (Fsp3) is 0.385. The average Bonchev–Trinajstić information content (AvgIpc) is 3.74. The van der Waals surface area contributed by atoms with Crippen LogP contribution in [0.3, 0.4) is 0 Å². The largest absolute Gasteiger partial charge is 0.515 e. The maximum Gasteiger partial charge on any atom is 0.362 e. The van der Waals surface area contributed by atoms with Crippen LogP contribution in [0.4, 0.5) is 0 Å². The van der Waals surface area contributed by atoms with Crippen LogP contribution in [0.15, 0.2) is 81.9 Å². The van der Waals surface area contributed by atoms with Crippen molar-refractivity contribution in [2.45, 2.75) is 47.5 Å². The van der Waals surface area contributed by atoms with Crippen LogP contribution in [0.25, 0.3) is 4.85 Å². The van der Waals surface area contributed by atoms with E-state index in [9.17, 15) is 23.7 Å². The van der Waals surface area contributed by atoms with Crippen molar-refractivity contribution < 1.29 is 66.9 Å². The molecule has 1 aliphatic carbocycles. The number of aliphatic hydroxyl groups excluding tert-OH is 1. The van der Waals surface area contributed by atoms with Crippen LogP contribution in [0.1, 0.15) is 68.2 Å². The van der Waals surface area contributed by atoms with E-state index in [4.69, 9.17) is 51.0 Å². The lowest BCUT2D eigenvalue weighted by Gasteiger charge is -2.24. The van der Waals surface area contributed by atoms with E-state index in [1.54, 1.807) is 65.0 Å². The van der Waals surface area contributed by atoms with Gasteiger partial charge in [0.15, 0.2) is 6.61 Å². The van der Waals surface area contributed by atoms with Crippen molar-refractivity contribution in [2.75, 3.05) is 53.4 Å². The molecule has 4 rings (SSSR count). The van der Waals surface area contributed by atoms with Gasteiger partial charge in [0.2, 0.25) is 5.78 Å². The molecule has 20 heteroatoms. The highest BCUT2D eigenvalue weighted by Gasteiger charge is 2.34. The number of hydrogen-bond donors (Lipinski definition) is 1. The third-order valence-electron chi connectivity index (χ3n) is 7.32. The highest BCUT2D eigenvalue weighted by molar-refractivity contribution is 7.58. The van der Waals surface area contributed by atoms with Gasteiger partial charge >= 0.3 is 13.6 Å². The van der Waals surface area contributed by atoms with Crippen LogP contribution in [-0.2, 0) is 52.2 Å². The van der Waals surface area contributed by atoms with E-state index in [1.165, 1.54) is 19.6 Å². The Labute approximate surface area is 341 Å². The molecule has 0 saturated heterocycles. The number of ketones is 1. The van der Waals surface area contributed by atoms with Crippen molar-refractivity contribution >= 4 is 31.2 Å². The van der Waals surface area contributed by atoms with Crippen molar-refractivity contribution in [3.8, 4) is 18.2 Å². The number of benzene rings is 1. The highest BCUT2D eigenvalue weighted by Crippen LogP contribution is 2.55. The number of esters is 1. The minimum absolute atomic E-state index is 0.0213. The van der Waals surface area contributed by atoms with Crippen LogP contribution in [0, 0.1) is 40.6 Å². The predicted molar refractivity (Wildman–Crippen MR) is 205 cm³/mol. The Morgan fingerprint density at radius 3 is 1.95 bits per heavy atom. The molecule has 1 aromatic carbocycles. The molecule has 2 heterocycles. The van der Waals surface area contributed by atoms with E-state index in [-0.39, 0.29) is 73.8 Å². The predicted octanol–water partition coefficient (Wildman–Crippen LogP) is 6.24. The van der Waals surface area contributed by atoms with Crippen LogP contribution < -0.4 is 0 Å². The Kier molecular flexibility index (Phi) is 23.6. The van der Waals surface area contributed by atoms with Gasteiger partial charge in [-0.1, -0.05) is 12.1 Å². The summed E-state index contributed by atoms with van der Waals surface area (Å²) < 4.78 is 31.4. The summed E-state index contributed by atoms with van der Waals surface area (Å²) in [6, 6.07) is 12.2. The molecule has 59 heavy (non-hydrogen) atoms. The van der Waals surface area contributed by atoms with Gasteiger partial charge in [0.1, 0.15) is 36.4 Å². The molecule has 1 aromatic rings. The second kappa shape index (κ2) is 27.4. The first-order valence-electron chi connectivity index (χ1n) is 17.6. The third kappa shape index (κ3) is 15.6. The van der Waals surface area contributed by atoms with Crippen molar-refractivity contribution in [1.82, 2.24) is 4.90 Å².